The Morgan fingerprint density at radius 2 is 1.22 bits per heavy atom. The SMILES string of the molecule is CNCCCCCNC. The molecule has 0 saturated heterocycles. The molecule has 0 unspecified atom stereocenters. The molecule has 0 spiro atoms. The average molecular weight is 130 g/mol. The van der Waals surface area contributed by atoms with Crippen molar-refractivity contribution in [1.82, 2.24) is 10.6 Å². The van der Waals surface area contributed by atoms with Gasteiger partial charge in [0, 0.05) is 0 Å². The summed E-state index contributed by atoms with van der Waals surface area (Å²) in [5, 5.41) is 6.25. The number of hydrogen-bond donors (Lipinski definition) is 2. The molecule has 2 nitrogen and oxygen atoms in total. The van der Waals surface area contributed by atoms with Gasteiger partial charge in [0.15, 0.2) is 0 Å². The number of unbranched alkanes of at least 4 members (excludes halogenated alkanes) is 2. The first kappa shape index (κ1) is 8.92. The van der Waals surface area contributed by atoms with Gasteiger partial charge in [-0.05, 0) is 40.0 Å². The molecule has 56 valence electrons. The van der Waals surface area contributed by atoms with Gasteiger partial charge in [-0.25, -0.2) is 0 Å². The quantitative estimate of drug-likeness (QED) is 0.514. The minimum Gasteiger partial charge on any atom is -0.320 e. The van der Waals surface area contributed by atoms with Crippen LogP contribution in [-0.4, -0.2) is 27.2 Å². The Labute approximate surface area is 58.0 Å². The summed E-state index contributed by atoms with van der Waals surface area (Å²) in [7, 11) is 4.00. The zero-order valence-corrected chi connectivity index (χ0v) is 6.54. The fraction of sp³-hybridized carbons (Fsp3) is 1.00. The van der Waals surface area contributed by atoms with Crippen LogP contribution in [0.15, 0.2) is 0 Å². The summed E-state index contributed by atoms with van der Waals surface area (Å²) in [6.07, 6.45) is 3.94. The van der Waals surface area contributed by atoms with E-state index in [-0.39, 0.29) is 0 Å². The smallest absolute Gasteiger partial charge is 0.00519 e. The van der Waals surface area contributed by atoms with Crippen LogP contribution in [0.5, 0.6) is 0 Å². The van der Waals surface area contributed by atoms with Gasteiger partial charge in [-0.2, -0.15) is 0 Å². The zero-order valence-electron chi connectivity index (χ0n) is 6.54. The number of rotatable bonds is 6. The van der Waals surface area contributed by atoms with Crippen LogP contribution in [0.3, 0.4) is 0 Å². The van der Waals surface area contributed by atoms with Crippen LogP contribution >= 0.6 is 0 Å². The van der Waals surface area contributed by atoms with Gasteiger partial charge in [0.2, 0.25) is 0 Å². The summed E-state index contributed by atoms with van der Waals surface area (Å²) in [5.41, 5.74) is 0. The first-order valence-electron chi connectivity index (χ1n) is 3.71. The van der Waals surface area contributed by atoms with Gasteiger partial charge in [-0.1, -0.05) is 6.42 Å². The van der Waals surface area contributed by atoms with Crippen LogP contribution in [0.25, 0.3) is 0 Å². The Balaban J connectivity index is 2.60. The molecule has 0 aromatic heterocycles. The molecule has 0 bridgehead atoms. The third-order valence-corrected chi connectivity index (χ3v) is 1.35. The highest BCUT2D eigenvalue weighted by atomic mass is 14.8. The van der Waals surface area contributed by atoms with Crippen molar-refractivity contribution in [3.8, 4) is 0 Å². The molecule has 0 rings (SSSR count). The molecular formula is C7H18N2. The maximum atomic E-state index is 3.12. The van der Waals surface area contributed by atoms with Crippen molar-refractivity contribution in [1.29, 1.82) is 0 Å². The van der Waals surface area contributed by atoms with Gasteiger partial charge in [-0.15, -0.1) is 0 Å². The van der Waals surface area contributed by atoms with E-state index in [1.165, 1.54) is 19.3 Å². The van der Waals surface area contributed by atoms with Crippen LogP contribution < -0.4 is 10.6 Å². The fourth-order valence-corrected chi connectivity index (χ4v) is 0.780. The second kappa shape index (κ2) is 7.92. The lowest BCUT2D eigenvalue weighted by Gasteiger charge is -1.98. The van der Waals surface area contributed by atoms with E-state index in [0.717, 1.165) is 13.1 Å². The molecule has 0 amide bonds. The first-order chi connectivity index (χ1) is 4.41. The van der Waals surface area contributed by atoms with Crippen LogP contribution in [0.1, 0.15) is 19.3 Å². The summed E-state index contributed by atoms with van der Waals surface area (Å²) in [6.45, 7) is 2.31. The summed E-state index contributed by atoms with van der Waals surface area (Å²) in [6, 6.07) is 0. The predicted octanol–water partition coefficient (Wildman–Crippen LogP) is 0.595. The molecule has 0 radical (unpaired) electrons. The number of nitrogens with one attached hydrogen (secondary N) is 2. The zero-order chi connectivity index (χ0) is 6.95. The molecule has 0 fully saturated rings. The molecule has 0 aromatic rings. The van der Waals surface area contributed by atoms with Gasteiger partial charge >= 0.3 is 0 Å². The van der Waals surface area contributed by atoms with E-state index in [4.69, 9.17) is 0 Å². The molecule has 0 heterocycles. The Bertz CT molecular complexity index is 40.2. The van der Waals surface area contributed by atoms with Gasteiger partial charge in [0.05, 0.1) is 0 Å². The lowest BCUT2D eigenvalue weighted by molar-refractivity contribution is 0.619. The molecule has 9 heavy (non-hydrogen) atoms. The highest BCUT2D eigenvalue weighted by Gasteiger charge is 1.84. The molecule has 0 atom stereocenters. The molecule has 2 N–H and O–H groups in total. The van der Waals surface area contributed by atoms with Crippen LogP contribution in [0.4, 0.5) is 0 Å². The number of hydrogen-bond acceptors (Lipinski definition) is 2. The molecule has 2 heteroatoms. The van der Waals surface area contributed by atoms with Crippen molar-refractivity contribution in [2.75, 3.05) is 27.2 Å². The van der Waals surface area contributed by atoms with Crippen molar-refractivity contribution in [3.63, 3.8) is 0 Å². The molecule has 0 aliphatic carbocycles. The molecular weight excluding hydrogens is 112 g/mol. The van der Waals surface area contributed by atoms with Gasteiger partial charge in [0.1, 0.15) is 0 Å². The second-order valence-corrected chi connectivity index (χ2v) is 2.27. The van der Waals surface area contributed by atoms with Crippen LogP contribution in [0.2, 0.25) is 0 Å². The summed E-state index contributed by atoms with van der Waals surface area (Å²) in [5.74, 6) is 0. The minimum absolute atomic E-state index is 1.16. The van der Waals surface area contributed by atoms with E-state index in [9.17, 15) is 0 Å². The Morgan fingerprint density at radius 3 is 1.56 bits per heavy atom. The highest BCUT2D eigenvalue weighted by Crippen LogP contribution is 1.90. The molecule has 0 saturated carbocycles. The second-order valence-electron chi connectivity index (χ2n) is 2.27. The lowest BCUT2D eigenvalue weighted by Crippen LogP contribution is -2.10. The maximum absolute atomic E-state index is 3.12. The summed E-state index contributed by atoms with van der Waals surface area (Å²) in [4.78, 5) is 0. The normalized spacial score (nSPS) is 10.0. The van der Waals surface area contributed by atoms with Crippen molar-refractivity contribution in [3.05, 3.63) is 0 Å². The maximum Gasteiger partial charge on any atom is -0.00519 e. The van der Waals surface area contributed by atoms with Crippen LogP contribution in [0, 0.1) is 0 Å². The van der Waals surface area contributed by atoms with E-state index >= 15 is 0 Å². The standard InChI is InChI=1S/C7H18N2/c1-8-6-4-3-5-7-9-2/h8-9H,3-7H2,1-2H3. The first-order valence-corrected chi connectivity index (χ1v) is 3.71. The van der Waals surface area contributed by atoms with Crippen molar-refractivity contribution in [2.45, 2.75) is 19.3 Å². The summed E-state index contributed by atoms with van der Waals surface area (Å²) < 4.78 is 0. The van der Waals surface area contributed by atoms with Crippen molar-refractivity contribution < 1.29 is 0 Å². The van der Waals surface area contributed by atoms with Gasteiger partial charge in [-0.3, -0.25) is 0 Å². The Kier molecular flexibility index (Phi) is 7.85. The summed E-state index contributed by atoms with van der Waals surface area (Å²) >= 11 is 0. The Morgan fingerprint density at radius 1 is 0.778 bits per heavy atom. The monoisotopic (exact) mass is 130 g/mol. The van der Waals surface area contributed by atoms with E-state index in [2.05, 4.69) is 10.6 Å². The predicted molar refractivity (Wildman–Crippen MR) is 41.7 cm³/mol. The van der Waals surface area contributed by atoms with Gasteiger partial charge in [0.25, 0.3) is 0 Å². The van der Waals surface area contributed by atoms with E-state index in [0.29, 0.717) is 0 Å². The third-order valence-electron chi connectivity index (χ3n) is 1.35. The van der Waals surface area contributed by atoms with Crippen molar-refractivity contribution in [2.24, 2.45) is 0 Å². The van der Waals surface area contributed by atoms with Gasteiger partial charge < -0.3 is 10.6 Å². The highest BCUT2D eigenvalue weighted by molar-refractivity contribution is 4.45. The van der Waals surface area contributed by atoms with Crippen molar-refractivity contribution >= 4 is 0 Å². The molecule has 0 aliphatic rings. The minimum atomic E-state index is 1.16. The van der Waals surface area contributed by atoms with E-state index in [1.54, 1.807) is 0 Å². The molecule has 0 aliphatic heterocycles. The lowest BCUT2D eigenvalue weighted by atomic mass is 10.2. The largest absolute Gasteiger partial charge is 0.320 e. The Hall–Kier alpha value is -0.0800. The van der Waals surface area contributed by atoms with E-state index in [1.807, 2.05) is 14.1 Å². The van der Waals surface area contributed by atoms with E-state index < -0.39 is 0 Å². The third kappa shape index (κ3) is 7.92. The average Bonchev–Trinajstić information content (AvgIpc) is 1.89. The van der Waals surface area contributed by atoms with Crippen LogP contribution in [-0.2, 0) is 0 Å². The molecule has 0 aromatic carbocycles. The topological polar surface area (TPSA) is 24.1 Å². The fourth-order valence-electron chi connectivity index (χ4n) is 0.780.